The van der Waals surface area contributed by atoms with Gasteiger partial charge in [-0.05, 0) is 24.3 Å². The number of H-pyrrole nitrogens is 1. The quantitative estimate of drug-likeness (QED) is 0.623. The van der Waals surface area contributed by atoms with Crippen molar-refractivity contribution < 1.29 is 19.8 Å². The maximum atomic E-state index is 11.9. The van der Waals surface area contributed by atoms with Crippen molar-refractivity contribution in [2.24, 2.45) is 0 Å². The van der Waals surface area contributed by atoms with Gasteiger partial charge < -0.3 is 20.5 Å². The molecule has 20 heavy (non-hydrogen) atoms. The average molecular weight is 274 g/mol. The highest BCUT2D eigenvalue weighted by Gasteiger charge is 2.12. The second kappa shape index (κ2) is 5.27. The van der Waals surface area contributed by atoms with E-state index in [2.05, 4.69) is 10.3 Å². The Labute approximate surface area is 112 Å². The summed E-state index contributed by atoms with van der Waals surface area (Å²) in [5, 5.41) is 20.7. The zero-order chi connectivity index (χ0) is 14.7. The van der Waals surface area contributed by atoms with Gasteiger partial charge in [0.1, 0.15) is 11.3 Å². The number of carboxylic acids is 1. The molecule has 1 aromatic carbocycles. The van der Waals surface area contributed by atoms with E-state index in [1.54, 1.807) is 0 Å². The lowest BCUT2D eigenvalue weighted by molar-refractivity contribution is 0.0693. The number of aromatic amines is 1. The number of anilines is 1. The fourth-order valence-corrected chi connectivity index (χ4v) is 1.57. The molecule has 4 N–H and O–H groups in total. The van der Waals surface area contributed by atoms with Gasteiger partial charge in [0.15, 0.2) is 0 Å². The van der Waals surface area contributed by atoms with Crippen LogP contribution in [-0.2, 0) is 0 Å². The van der Waals surface area contributed by atoms with Gasteiger partial charge in [0.2, 0.25) is 5.56 Å². The molecule has 2 aromatic rings. The lowest BCUT2D eigenvalue weighted by atomic mass is 10.1. The summed E-state index contributed by atoms with van der Waals surface area (Å²) >= 11 is 0. The van der Waals surface area contributed by atoms with Gasteiger partial charge in [-0.25, -0.2) is 4.79 Å². The number of benzene rings is 1. The van der Waals surface area contributed by atoms with Gasteiger partial charge in [-0.3, -0.25) is 9.59 Å². The van der Waals surface area contributed by atoms with Crippen molar-refractivity contribution in [3.8, 4) is 5.75 Å². The number of rotatable bonds is 3. The molecule has 0 aliphatic rings. The molecule has 0 saturated heterocycles. The number of carbonyl (C=O) groups excluding carboxylic acids is 1. The summed E-state index contributed by atoms with van der Waals surface area (Å²) in [7, 11) is 0. The number of phenols is 1. The minimum Gasteiger partial charge on any atom is -0.507 e. The zero-order valence-electron chi connectivity index (χ0n) is 10.1. The van der Waals surface area contributed by atoms with Crippen LogP contribution in [0.25, 0.3) is 0 Å². The van der Waals surface area contributed by atoms with E-state index in [4.69, 9.17) is 5.11 Å². The maximum absolute atomic E-state index is 11.9. The number of aromatic hydroxyl groups is 1. The van der Waals surface area contributed by atoms with E-state index in [0.29, 0.717) is 0 Å². The summed E-state index contributed by atoms with van der Waals surface area (Å²) in [6, 6.07) is 6.18. The standard InChI is InChI=1S/C13H10N2O5/c16-10-2-1-8(6-9(10)13(19)20)15-12(18)7-3-4-14-11(17)5-7/h1-6,16H,(H,14,17)(H,15,18)(H,19,20). The van der Waals surface area contributed by atoms with E-state index in [1.807, 2.05) is 0 Å². The molecule has 0 aliphatic heterocycles. The van der Waals surface area contributed by atoms with Crippen LogP contribution in [0.5, 0.6) is 5.75 Å². The molecule has 0 aliphatic carbocycles. The van der Waals surface area contributed by atoms with Crippen LogP contribution in [0.1, 0.15) is 20.7 Å². The number of amides is 1. The first-order valence-corrected chi connectivity index (χ1v) is 5.54. The van der Waals surface area contributed by atoms with Gasteiger partial charge in [-0.1, -0.05) is 0 Å². The normalized spacial score (nSPS) is 10.0. The van der Waals surface area contributed by atoms with Crippen molar-refractivity contribution >= 4 is 17.6 Å². The molecular weight excluding hydrogens is 264 g/mol. The first-order valence-electron chi connectivity index (χ1n) is 5.54. The molecule has 1 amide bonds. The molecule has 0 unspecified atom stereocenters. The van der Waals surface area contributed by atoms with Gasteiger partial charge in [-0.15, -0.1) is 0 Å². The Kier molecular flexibility index (Phi) is 3.52. The van der Waals surface area contributed by atoms with Crippen molar-refractivity contribution in [2.75, 3.05) is 5.32 Å². The van der Waals surface area contributed by atoms with Crippen LogP contribution in [0.2, 0.25) is 0 Å². The number of hydrogen-bond acceptors (Lipinski definition) is 4. The topological polar surface area (TPSA) is 119 Å². The molecule has 7 nitrogen and oxygen atoms in total. The third kappa shape index (κ3) is 2.83. The maximum Gasteiger partial charge on any atom is 0.339 e. The van der Waals surface area contributed by atoms with Crippen LogP contribution in [0.3, 0.4) is 0 Å². The van der Waals surface area contributed by atoms with Gasteiger partial charge in [0.25, 0.3) is 5.91 Å². The zero-order valence-corrected chi connectivity index (χ0v) is 10.1. The van der Waals surface area contributed by atoms with Crippen molar-refractivity contribution in [1.82, 2.24) is 4.98 Å². The van der Waals surface area contributed by atoms with E-state index in [-0.39, 0.29) is 16.8 Å². The second-order valence-electron chi connectivity index (χ2n) is 3.93. The van der Waals surface area contributed by atoms with E-state index in [9.17, 15) is 19.5 Å². The lowest BCUT2D eigenvalue weighted by Crippen LogP contribution is -2.15. The number of aromatic nitrogens is 1. The summed E-state index contributed by atoms with van der Waals surface area (Å²) in [5.41, 5.74) is -0.410. The molecule has 2 rings (SSSR count). The summed E-state index contributed by atoms with van der Waals surface area (Å²) in [6.07, 6.45) is 1.33. The van der Waals surface area contributed by atoms with E-state index in [1.165, 1.54) is 18.3 Å². The third-order valence-electron chi connectivity index (χ3n) is 2.52. The minimum atomic E-state index is -1.31. The third-order valence-corrected chi connectivity index (χ3v) is 2.52. The van der Waals surface area contributed by atoms with E-state index in [0.717, 1.165) is 18.2 Å². The first-order chi connectivity index (χ1) is 9.47. The Hall–Kier alpha value is -3.09. The van der Waals surface area contributed by atoms with Crippen LogP contribution in [0.4, 0.5) is 5.69 Å². The van der Waals surface area contributed by atoms with Crippen molar-refractivity contribution in [1.29, 1.82) is 0 Å². The molecular formula is C13H10N2O5. The molecule has 0 radical (unpaired) electrons. The molecule has 1 aromatic heterocycles. The Morgan fingerprint density at radius 3 is 2.55 bits per heavy atom. The smallest absolute Gasteiger partial charge is 0.339 e. The van der Waals surface area contributed by atoms with E-state index < -0.39 is 23.2 Å². The fourth-order valence-electron chi connectivity index (χ4n) is 1.57. The number of aromatic carboxylic acids is 1. The van der Waals surface area contributed by atoms with Crippen LogP contribution in [0.15, 0.2) is 41.3 Å². The Morgan fingerprint density at radius 1 is 1.15 bits per heavy atom. The number of carbonyl (C=O) groups is 2. The van der Waals surface area contributed by atoms with Gasteiger partial charge in [-0.2, -0.15) is 0 Å². The monoisotopic (exact) mass is 274 g/mol. The molecule has 0 bridgehead atoms. The van der Waals surface area contributed by atoms with Gasteiger partial charge in [0, 0.05) is 23.5 Å². The highest BCUT2D eigenvalue weighted by atomic mass is 16.4. The summed E-state index contributed by atoms with van der Waals surface area (Å²) in [4.78, 5) is 36.2. The highest BCUT2D eigenvalue weighted by Crippen LogP contribution is 2.21. The van der Waals surface area contributed by atoms with Crippen LogP contribution >= 0.6 is 0 Å². The Balaban J connectivity index is 2.26. The van der Waals surface area contributed by atoms with Crippen LogP contribution in [-0.4, -0.2) is 27.1 Å². The van der Waals surface area contributed by atoms with Crippen LogP contribution in [0, 0.1) is 0 Å². The number of nitrogens with one attached hydrogen (secondary N) is 2. The predicted octanol–water partition coefficient (Wildman–Crippen LogP) is 1.03. The summed E-state index contributed by atoms with van der Waals surface area (Å²) < 4.78 is 0. The summed E-state index contributed by atoms with van der Waals surface area (Å²) in [5.74, 6) is -2.26. The molecule has 102 valence electrons. The SMILES string of the molecule is O=C(Nc1ccc(O)c(C(=O)O)c1)c1cc[nH]c(=O)c1. The number of hydrogen-bond donors (Lipinski definition) is 4. The largest absolute Gasteiger partial charge is 0.507 e. The molecule has 1 heterocycles. The van der Waals surface area contributed by atoms with Crippen LogP contribution < -0.4 is 10.9 Å². The van der Waals surface area contributed by atoms with E-state index >= 15 is 0 Å². The molecule has 0 saturated carbocycles. The van der Waals surface area contributed by atoms with Gasteiger partial charge in [0.05, 0.1) is 0 Å². The fraction of sp³-hybridized carbons (Fsp3) is 0. The molecule has 0 atom stereocenters. The molecule has 7 heteroatoms. The Bertz CT molecular complexity index is 736. The first kappa shape index (κ1) is 13.3. The van der Waals surface area contributed by atoms with Crippen molar-refractivity contribution in [2.45, 2.75) is 0 Å². The van der Waals surface area contributed by atoms with Crippen molar-refractivity contribution in [3.63, 3.8) is 0 Å². The molecule has 0 fully saturated rings. The predicted molar refractivity (Wildman–Crippen MR) is 70.1 cm³/mol. The Morgan fingerprint density at radius 2 is 1.90 bits per heavy atom. The number of pyridine rings is 1. The van der Waals surface area contributed by atoms with Crippen molar-refractivity contribution in [3.05, 3.63) is 58.0 Å². The highest BCUT2D eigenvalue weighted by molar-refractivity contribution is 6.04. The average Bonchev–Trinajstić information content (AvgIpc) is 2.40. The molecule has 0 spiro atoms. The minimum absolute atomic E-state index is 0.138. The second-order valence-corrected chi connectivity index (χ2v) is 3.93. The lowest BCUT2D eigenvalue weighted by Gasteiger charge is -2.07. The van der Waals surface area contributed by atoms with Gasteiger partial charge >= 0.3 is 5.97 Å². The summed E-state index contributed by atoms with van der Waals surface area (Å²) in [6.45, 7) is 0. The number of carboxylic acid groups (broad SMARTS) is 1.